The first-order chi connectivity index (χ1) is 10.1. The average Bonchev–Trinajstić information content (AvgIpc) is 2.87. The van der Waals surface area contributed by atoms with E-state index in [0.717, 1.165) is 18.4 Å². The summed E-state index contributed by atoms with van der Waals surface area (Å²) in [7, 11) is 0. The van der Waals surface area contributed by atoms with Gasteiger partial charge in [-0.15, -0.1) is 0 Å². The molecule has 21 heavy (non-hydrogen) atoms. The molecule has 0 N–H and O–H groups in total. The van der Waals surface area contributed by atoms with E-state index in [4.69, 9.17) is 9.47 Å². The van der Waals surface area contributed by atoms with Gasteiger partial charge in [-0.2, -0.15) is 0 Å². The molecule has 0 radical (unpaired) electrons. The molecule has 1 aliphatic rings. The predicted octanol–water partition coefficient (Wildman–Crippen LogP) is 4.99. The van der Waals surface area contributed by atoms with E-state index >= 15 is 0 Å². The summed E-state index contributed by atoms with van der Waals surface area (Å²) in [5.74, 6) is -0.00890. The monoisotopic (exact) mass is 402 g/mol. The Morgan fingerprint density at radius 2 is 1.71 bits per heavy atom. The van der Waals surface area contributed by atoms with Crippen molar-refractivity contribution in [2.75, 3.05) is 0 Å². The van der Waals surface area contributed by atoms with Gasteiger partial charge in [0.2, 0.25) is 0 Å². The van der Waals surface area contributed by atoms with Gasteiger partial charge in [0.25, 0.3) is 6.29 Å². The van der Waals surface area contributed by atoms with Gasteiger partial charge in [-0.25, -0.2) is 8.78 Å². The van der Waals surface area contributed by atoms with Gasteiger partial charge < -0.3 is 9.47 Å². The number of fused-ring (bicyclic) bond motifs is 1. The highest BCUT2D eigenvalue weighted by atomic mass is 127. The van der Waals surface area contributed by atoms with E-state index < -0.39 is 17.9 Å². The second-order valence-corrected chi connectivity index (χ2v) is 5.98. The fourth-order valence-corrected chi connectivity index (χ4v) is 2.60. The van der Waals surface area contributed by atoms with Crippen LogP contribution in [0.3, 0.4) is 0 Å². The van der Waals surface area contributed by atoms with Gasteiger partial charge in [-0.05, 0) is 58.8 Å². The molecule has 0 aliphatic carbocycles. The minimum atomic E-state index is -0.808. The Labute approximate surface area is 135 Å². The molecule has 110 valence electrons. The number of hydrogen-bond donors (Lipinski definition) is 0. The van der Waals surface area contributed by atoms with Crippen LogP contribution in [0.25, 0.3) is 0 Å². The van der Waals surface area contributed by atoms with Crippen molar-refractivity contribution in [2.24, 2.45) is 0 Å². The summed E-state index contributed by atoms with van der Waals surface area (Å²) in [6.07, 6.45) is 1.18. The highest BCUT2D eigenvalue weighted by Crippen LogP contribution is 2.41. The lowest BCUT2D eigenvalue weighted by atomic mass is 10.1. The maximum Gasteiger partial charge on any atom is 0.268 e. The van der Waals surface area contributed by atoms with E-state index in [1.54, 1.807) is 22.6 Å². The molecule has 1 atom stereocenters. The molecule has 0 aromatic heterocycles. The minimum Gasteiger partial charge on any atom is -0.447 e. The van der Waals surface area contributed by atoms with Gasteiger partial charge in [-0.1, -0.05) is 19.4 Å². The first kappa shape index (κ1) is 14.6. The van der Waals surface area contributed by atoms with Crippen LogP contribution in [0.1, 0.15) is 30.8 Å². The van der Waals surface area contributed by atoms with E-state index in [1.807, 2.05) is 18.2 Å². The van der Waals surface area contributed by atoms with E-state index in [0.29, 0.717) is 17.1 Å². The third kappa shape index (κ3) is 2.84. The summed E-state index contributed by atoms with van der Waals surface area (Å²) in [6.45, 7) is 2.10. The van der Waals surface area contributed by atoms with Crippen molar-refractivity contribution in [3.8, 4) is 11.5 Å². The van der Waals surface area contributed by atoms with Crippen LogP contribution in [0.4, 0.5) is 8.78 Å². The van der Waals surface area contributed by atoms with Gasteiger partial charge in [0.15, 0.2) is 11.5 Å². The molecule has 0 bridgehead atoms. The van der Waals surface area contributed by atoms with Crippen molar-refractivity contribution in [2.45, 2.75) is 26.1 Å². The molecule has 5 heteroatoms. The molecule has 0 spiro atoms. The molecule has 1 unspecified atom stereocenters. The Balaban J connectivity index is 1.87. The van der Waals surface area contributed by atoms with E-state index in [1.165, 1.54) is 12.1 Å². The number of ether oxygens (including phenoxy) is 2. The lowest BCUT2D eigenvalue weighted by Crippen LogP contribution is -2.09. The van der Waals surface area contributed by atoms with Crippen molar-refractivity contribution in [1.29, 1.82) is 0 Å². The fourth-order valence-electron chi connectivity index (χ4n) is 2.29. The van der Waals surface area contributed by atoms with E-state index in [9.17, 15) is 8.78 Å². The van der Waals surface area contributed by atoms with Gasteiger partial charge >= 0.3 is 0 Å². The maximum absolute atomic E-state index is 13.6. The third-order valence-corrected chi connectivity index (χ3v) is 4.32. The smallest absolute Gasteiger partial charge is 0.268 e. The number of benzene rings is 2. The predicted molar refractivity (Wildman–Crippen MR) is 83.5 cm³/mol. The summed E-state index contributed by atoms with van der Waals surface area (Å²) in [5.41, 5.74) is 1.49. The Morgan fingerprint density at radius 1 is 1.05 bits per heavy atom. The van der Waals surface area contributed by atoms with Gasteiger partial charge in [0, 0.05) is 5.56 Å². The zero-order valence-electron chi connectivity index (χ0n) is 11.3. The second kappa shape index (κ2) is 5.79. The number of aryl methyl sites for hydroxylation is 1. The first-order valence-electron chi connectivity index (χ1n) is 6.69. The minimum absolute atomic E-state index is 0.0305. The third-order valence-electron chi connectivity index (χ3n) is 3.29. The number of rotatable bonds is 3. The molecule has 0 amide bonds. The zero-order chi connectivity index (χ0) is 15.0. The van der Waals surface area contributed by atoms with Crippen LogP contribution in [-0.2, 0) is 6.42 Å². The molecule has 2 aromatic rings. The summed E-state index contributed by atoms with van der Waals surface area (Å²) in [5, 5.41) is 0. The molecular formula is C16H13F2IO2. The maximum atomic E-state index is 13.6. The Kier molecular flexibility index (Phi) is 4.01. The van der Waals surface area contributed by atoms with Crippen LogP contribution in [0, 0.1) is 15.2 Å². The largest absolute Gasteiger partial charge is 0.447 e. The number of hydrogen-bond acceptors (Lipinski definition) is 2. The highest BCUT2D eigenvalue weighted by Gasteiger charge is 2.27. The van der Waals surface area contributed by atoms with Crippen LogP contribution in [0.2, 0.25) is 0 Å². The van der Waals surface area contributed by atoms with Crippen LogP contribution in [0.5, 0.6) is 11.5 Å². The summed E-state index contributed by atoms with van der Waals surface area (Å²) >= 11 is 1.63. The van der Waals surface area contributed by atoms with Crippen LogP contribution in [0.15, 0.2) is 30.3 Å². The van der Waals surface area contributed by atoms with Crippen LogP contribution >= 0.6 is 22.6 Å². The number of halogens is 3. The Morgan fingerprint density at radius 3 is 2.38 bits per heavy atom. The molecule has 1 heterocycles. The normalized spacial score (nSPS) is 16.3. The fraction of sp³-hybridized carbons (Fsp3) is 0.250. The molecule has 0 fully saturated rings. The lowest BCUT2D eigenvalue weighted by molar-refractivity contribution is 0.0481. The van der Waals surface area contributed by atoms with Gasteiger partial charge in [0.1, 0.15) is 11.6 Å². The molecular weight excluding hydrogens is 389 g/mol. The van der Waals surface area contributed by atoms with E-state index in [2.05, 4.69) is 6.92 Å². The SMILES string of the molecule is CCCc1ccc2c(c1)OC(c1cc(F)c(I)c(F)c1)O2. The van der Waals surface area contributed by atoms with Crippen molar-refractivity contribution in [3.63, 3.8) is 0 Å². The summed E-state index contributed by atoms with van der Waals surface area (Å²) in [6, 6.07) is 8.21. The van der Waals surface area contributed by atoms with Crippen LogP contribution in [-0.4, -0.2) is 0 Å². The quantitative estimate of drug-likeness (QED) is 0.532. The van der Waals surface area contributed by atoms with Crippen molar-refractivity contribution >= 4 is 22.6 Å². The molecule has 1 aliphatic heterocycles. The van der Waals surface area contributed by atoms with Gasteiger partial charge in [-0.3, -0.25) is 0 Å². The van der Waals surface area contributed by atoms with E-state index in [-0.39, 0.29) is 3.57 Å². The molecule has 2 nitrogen and oxygen atoms in total. The lowest BCUT2D eigenvalue weighted by Gasteiger charge is -2.11. The first-order valence-corrected chi connectivity index (χ1v) is 7.77. The van der Waals surface area contributed by atoms with Crippen LogP contribution < -0.4 is 9.47 Å². The molecule has 2 aromatic carbocycles. The zero-order valence-corrected chi connectivity index (χ0v) is 13.5. The molecule has 0 saturated heterocycles. The van der Waals surface area contributed by atoms with Crippen molar-refractivity contribution < 1.29 is 18.3 Å². The van der Waals surface area contributed by atoms with Gasteiger partial charge in [0.05, 0.1) is 3.57 Å². The molecule has 3 rings (SSSR count). The Bertz CT molecular complexity index is 665. The topological polar surface area (TPSA) is 18.5 Å². The van der Waals surface area contributed by atoms with Crippen molar-refractivity contribution in [3.05, 3.63) is 56.7 Å². The Hall–Kier alpha value is -1.37. The molecule has 0 saturated carbocycles. The second-order valence-electron chi connectivity index (χ2n) is 4.90. The summed E-state index contributed by atoms with van der Waals surface area (Å²) < 4.78 is 38.5. The highest BCUT2D eigenvalue weighted by molar-refractivity contribution is 14.1. The standard InChI is InChI=1S/C16H13F2IO2/c1-2-3-9-4-5-13-14(6-9)21-16(20-13)10-7-11(17)15(19)12(18)8-10/h4-8,16H,2-3H2,1H3. The van der Waals surface area contributed by atoms with Crippen molar-refractivity contribution in [1.82, 2.24) is 0 Å². The summed E-state index contributed by atoms with van der Waals surface area (Å²) in [4.78, 5) is 0. The average molecular weight is 402 g/mol.